The van der Waals surface area contributed by atoms with E-state index in [1.807, 2.05) is 18.5 Å². The summed E-state index contributed by atoms with van der Waals surface area (Å²) < 4.78 is 15.6. The van der Waals surface area contributed by atoms with Gasteiger partial charge >= 0.3 is 0 Å². The topological polar surface area (TPSA) is 86.7 Å². The van der Waals surface area contributed by atoms with Crippen LogP contribution in [-0.4, -0.2) is 56.8 Å². The Balaban J connectivity index is 1.39. The summed E-state index contributed by atoms with van der Waals surface area (Å²) >= 11 is 1.71. The predicted octanol–water partition coefficient (Wildman–Crippen LogP) is 2.15. The third kappa shape index (κ3) is 5.13. The fraction of sp³-hybridized carbons (Fsp3) is 0.650. The summed E-state index contributed by atoms with van der Waals surface area (Å²) in [6, 6.07) is 0.106. The number of carbonyl (C=O) groups excluding carboxylic acids is 1. The van der Waals surface area contributed by atoms with Gasteiger partial charge in [-0.2, -0.15) is 0 Å². The van der Waals surface area contributed by atoms with Gasteiger partial charge in [-0.25, -0.2) is 13.9 Å². The van der Waals surface area contributed by atoms with Gasteiger partial charge < -0.3 is 10.2 Å². The fourth-order valence-corrected chi connectivity index (χ4v) is 5.78. The van der Waals surface area contributed by atoms with Gasteiger partial charge in [0.25, 0.3) is 5.91 Å². The van der Waals surface area contributed by atoms with E-state index >= 15 is 0 Å². The van der Waals surface area contributed by atoms with Gasteiger partial charge in [-0.3, -0.25) is 9.79 Å². The minimum atomic E-state index is -0.970. The van der Waals surface area contributed by atoms with Crippen molar-refractivity contribution >= 4 is 34.1 Å². The van der Waals surface area contributed by atoms with Gasteiger partial charge in [0.15, 0.2) is 0 Å². The first-order valence-corrected chi connectivity index (χ1v) is 12.6. The first-order chi connectivity index (χ1) is 14.2. The Morgan fingerprint density at radius 1 is 1.34 bits per heavy atom. The number of aryl methyl sites for hydroxylation is 1. The molecule has 0 radical (unpaired) electrons. The van der Waals surface area contributed by atoms with Gasteiger partial charge in [0.2, 0.25) is 0 Å². The van der Waals surface area contributed by atoms with Crippen molar-refractivity contribution < 1.29 is 9.00 Å². The number of likely N-dealkylation sites (N-methyl/N-ethyl adjacent to an activating group) is 1. The van der Waals surface area contributed by atoms with Crippen LogP contribution in [0, 0.1) is 0 Å². The molecule has 1 aliphatic carbocycles. The van der Waals surface area contributed by atoms with Gasteiger partial charge in [-0.15, -0.1) is 11.3 Å². The van der Waals surface area contributed by atoms with Crippen LogP contribution in [0.25, 0.3) is 0 Å². The molecule has 9 heteroatoms. The predicted molar refractivity (Wildman–Crippen MR) is 117 cm³/mol. The standard InChI is InChI=1S/C20H29N5O2S2/c1-2-21-20(26)16-12-23-18(5-3-4-6-19-22-9-10-28-19)25-13-14(11-17(16)25)24-29(27)15-7-8-15/h9-10,14-15,24H,2-8,11-13H2,1H3,(H,21,26). The van der Waals surface area contributed by atoms with Gasteiger partial charge in [-0.05, 0) is 39.0 Å². The number of fused-ring (bicyclic) bond motifs is 1. The molecule has 3 aliphatic rings. The fourth-order valence-electron chi connectivity index (χ4n) is 3.87. The highest BCUT2D eigenvalue weighted by Gasteiger charge is 2.38. The van der Waals surface area contributed by atoms with Crippen LogP contribution in [0.4, 0.5) is 0 Å². The van der Waals surface area contributed by atoms with Crippen molar-refractivity contribution in [1.29, 1.82) is 0 Å². The zero-order valence-corrected chi connectivity index (χ0v) is 18.5. The molecule has 158 valence electrons. The summed E-state index contributed by atoms with van der Waals surface area (Å²) in [5.74, 6) is 1.04. The van der Waals surface area contributed by atoms with Gasteiger partial charge in [0, 0.05) is 54.5 Å². The largest absolute Gasteiger partial charge is 0.352 e. The molecule has 4 rings (SSSR count). The molecule has 1 saturated heterocycles. The van der Waals surface area contributed by atoms with Gasteiger partial charge in [0.1, 0.15) is 5.84 Å². The molecule has 7 nitrogen and oxygen atoms in total. The molecule has 2 N–H and O–H groups in total. The Morgan fingerprint density at radius 2 is 2.17 bits per heavy atom. The van der Waals surface area contributed by atoms with Crippen molar-refractivity contribution in [3.8, 4) is 0 Å². The number of carbonyl (C=O) groups is 1. The number of rotatable bonds is 10. The molecule has 0 spiro atoms. The van der Waals surface area contributed by atoms with Crippen LogP contribution in [0.15, 0.2) is 27.8 Å². The second kappa shape index (κ2) is 9.49. The molecule has 0 aromatic carbocycles. The van der Waals surface area contributed by atoms with Crippen molar-refractivity contribution in [2.24, 2.45) is 4.99 Å². The number of hydrogen-bond donors (Lipinski definition) is 2. The molecule has 2 atom stereocenters. The highest BCUT2D eigenvalue weighted by atomic mass is 32.2. The lowest BCUT2D eigenvalue weighted by molar-refractivity contribution is -0.117. The summed E-state index contributed by atoms with van der Waals surface area (Å²) in [6.07, 6.45) is 8.72. The molecule has 1 aromatic heterocycles. The van der Waals surface area contributed by atoms with E-state index in [0.29, 0.717) is 18.3 Å². The highest BCUT2D eigenvalue weighted by molar-refractivity contribution is 7.84. The van der Waals surface area contributed by atoms with Crippen LogP contribution in [0.3, 0.4) is 0 Å². The number of hydrogen-bond acceptors (Lipinski definition) is 6. The number of amidine groups is 1. The molecule has 1 amide bonds. The van der Waals surface area contributed by atoms with E-state index in [2.05, 4.69) is 19.9 Å². The third-order valence-corrected chi connectivity index (χ3v) is 7.98. The Labute approximate surface area is 178 Å². The molecular formula is C20H29N5O2S2. The van der Waals surface area contributed by atoms with Crippen molar-refractivity contribution in [3.05, 3.63) is 27.9 Å². The van der Waals surface area contributed by atoms with E-state index in [0.717, 1.165) is 68.6 Å². The minimum absolute atomic E-state index is 0.0250. The Kier molecular flexibility index (Phi) is 6.77. The van der Waals surface area contributed by atoms with Crippen LogP contribution in [-0.2, 0) is 22.2 Å². The summed E-state index contributed by atoms with van der Waals surface area (Å²) in [4.78, 5) is 23.8. The Bertz CT molecular complexity index is 817. The van der Waals surface area contributed by atoms with Gasteiger partial charge in [0.05, 0.1) is 28.1 Å². The first kappa shape index (κ1) is 20.7. The summed E-state index contributed by atoms with van der Waals surface area (Å²) in [5.41, 5.74) is 1.83. The Morgan fingerprint density at radius 3 is 2.90 bits per heavy atom. The Hall–Kier alpha value is -1.58. The van der Waals surface area contributed by atoms with Gasteiger partial charge in [-0.1, -0.05) is 0 Å². The maximum Gasteiger partial charge on any atom is 0.250 e. The lowest BCUT2D eigenvalue weighted by atomic mass is 10.1. The maximum absolute atomic E-state index is 12.5. The van der Waals surface area contributed by atoms with E-state index in [1.54, 1.807) is 11.3 Å². The first-order valence-electron chi connectivity index (χ1n) is 10.5. The highest BCUT2D eigenvalue weighted by Crippen LogP contribution is 2.32. The van der Waals surface area contributed by atoms with Crippen molar-refractivity contribution in [2.45, 2.75) is 63.2 Å². The van der Waals surface area contributed by atoms with E-state index < -0.39 is 11.0 Å². The minimum Gasteiger partial charge on any atom is -0.352 e. The molecule has 29 heavy (non-hydrogen) atoms. The summed E-state index contributed by atoms with van der Waals surface area (Å²) in [5, 5.41) is 6.42. The average molecular weight is 436 g/mol. The third-order valence-electron chi connectivity index (χ3n) is 5.49. The van der Waals surface area contributed by atoms with Crippen LogP contribution in [0.2, 0.25) is 0 Å². The van der Waals surface area contributed by atoms with Crippen LogP contribution < -0.4 is 10.0 Å². The molecule has 2 aliphatic heterocycles. The monoisotopic (exact) mass is 435 g/mol. The number of unbranched alkanes of at least 4 members (excludes halogenated alkanes) is 1. The number of amides is 1. The van der Waals surface area contributed by atoms with E-state index in [-0.39, 0.29) is 11.9 Å². The lowest BCUT2D eigenvalue weighted by Gasteiger charge is -2.28. The van der Waals surface area contributed by atoms with Crippen LogP contribution in [0.1, 0.15) is 50.5 Å². The van der Waals surface area contributed by atoms with E-state index in [1.165, 1.54) is 5.01 Å². The molecule has 2 fully saturated rings. The van der Waals surface area contributed by atoms with Crippen molar-refractivity contribution in [1.82, 2.24) is 19.9 Å². The van der Waals surface area contributed by atoms with E-state index in [9.17, 15) is 9.00 Å². The number of aliphatic imine (C=N–C) groups is 1. The quantitative estimate of drug-likeness (QED) is 0.552. The maximum atomic E-state index is 12.5. The molecule has 1 saturated carbocycles. The zero-order chi connectivity index (χ0) is 20.2. The summed E-state index contributed by atoms with van der Waals surface area (Å²) in [6.45, 7) is 3.72. The lowest BCUT2D eigenvalue weighted by Crippen LogP contribution is -2.39. The molecule has 2 unspecified atom stereocenters. The van der Waals surface area contributed by atoms with Crippen LogP contribution in [0.5, 0.6) is 0 Å². The molecule has 1 aromatic rings. The number of nitrogens with one attached hydrogen (secondary N) is 2. The molecule has 0 bridgehead atoms. The van der Waals surface area contributed by atoms with E-state index in [4.69, 9.17) is 4.99 Å². The second-order valence-corrected chi connectivity index (χ2v) is 10.3. The SMILES string of the molecule is CCNC(=O)C1=C2CC(NS(=O)C3CC3)CN2C(CCCCc2nccs2)=NC1. The van der Waals surface area contributed by atoms with Crippen molar-refractivity contribution in [3.63, 3.8) is 0 Å². The second-order valence-electron chi connectivity index (χ2n) is 7.78. The zero-order valence-electron chi connectivity index (χ0n) is 16.9. The summed E-state index contributed by atoms with van der Waals surface area (Å²) in [7, 11) is -0.970. The van der Waals surface area contributed by atoms with Crippen molar-refractivity contribution in [2.75, 3.05) is 19.6 Å². The number of aromatic nitrogens is 1. The molecule has 3 heterocycles. The smallest absolute Gasteiger partial charge is 0.250 e. The average Bonchev–Trinajstić information content (AvgIpc) is 3.27. The number of nitrogens with zero attached hydrogens (tertiary/aromatic N) is 3. The number of thiazole rings is 1. The molecular weight excluding hydrogens is 406 g/mol. The normalized spacial score (nSPS) is 22.4. The van der Waals surface area contributed by atoms with Crippen LogP contribution >= 0.6 is 11.3 Å².